The number of nitrogens with two attached hydrogens (primary N) is 1. The van der Waals surface area contributed by atoms with Crippen molar-refractivity contribution in [1.82, 2.24) is 0 Å². The van der Waals surface area contributed by atoms with Crippen LogP contribution in [-0.2, 0) is 0 Å². The summed E-state index contributed by atoms with van der Waals surface area (Å²) in [5, 5.41) is 0. The van der Waals surface area contributed by atoms with Crippen molar-refractivity contribution in [2.45, 2.75) is 19.1 Å². The number of halogens is 4. The van der Waals surface area contributed by atoms with Gasteiger partial charge in [0, 0.05) is 5.56 Å². The lowest BCUT2D eigenvalue weighted by molar-refractivity contribution is -0.0512. The third kappa shape index (κ3) is 3.09. The summed E-state index contributed by atoms with van der Waals surface area (Å²) < 4.78 is 52.4. The first-order valence-electron chi connectivity index (χ1n) is 4.10. The first kappa shape index (κ1) is 11.8. The highest BCUT2D eigenvalue weighted by Gasteiger charge is 2.22. The van der Waals surface area contributed by atoms with Crippen LogP contribution < -0.4 is 10.5 Å². The SMILES string of the molecule is N[C@@H](c1ccccc1OC(F)F)C(F)F. The van der Waals surface area contributed by atoms with Gasteiger partial charge in [-0.25, -0.2) is 8.78 Å². The van der Waals surface area contributed by atoms with Crippen LogP contribution in [0, 0.1) is 0 Å². The monoisotopic (exact) mass is 223 g/mol. The number of alkyl halides is 4. The third-order valence-corrected chi connectivity index (χ3v) is 1.77. The first-order valence-corrected chi connectivity index (χ1v) is 4.10. The lowest BCUT2D eigenvalue weighted by Crippen LogP contribution is -2.20. The summed E-state index contributed by atoms with van der Waals surface area (Å²) in [5.41, 5.74) is 5.01. The quantitative estimate of drug-likeness (QED) is 0.796. The van der Waals surface area contributed by atoms with E-state index in [4.69, 9.17) is 5.73 Å². The second kappa shape index (κ2) is 4.97. The number of rotatable bonds is 4. The molecule has 0 saturated heterocycles. The lowest BCUT2D eigenvalue weighted by Gasteiger charge is -2.15. The number of benzene rings is 1. The van der Waals surface area contributed by atoms with E-state index >= 15 is 0 Å². The van der Waals surface area contributed by atoms with Crippen molar-refractivity contribution in [3.05, 3.63) is 29.8 Å². The number of hydrogen-bond acceptors (Lipinski definition) is 2. The summed E-state index contributed by atoms with van der Waals surface area (Å²) in [5.74, 6) is -0.319. The van der Waals surface area contributed by atoms with Crippen LogP contribution in [0.1, 0.15) is 11.6 Å². The fourth-order valence-corrected chi connectivity index (χ4v) is 1.09. The van der Waals surface area contributed by atoms with E-state index in [0.29, 0.717) is 0 Å². The van der Waals surface area contributed by atoms with Crippen molar-refractivity contribution in [3.8, 4) is 5.75 Å². The Labute approximate surface area is 83.6 Å². The van der Waals surface area contributed by atoms with Gasteiger partial charge in [-0.05, 0) is 6.07 Å². The van der Waals surface area contributed by atoms with Gasteiger partial charge >= 0.3 is 6.61 Å². The molecule has 0 aromatic heterocycles. The molecule has 1 aromatic rings. The normalized spacial score (nSPS) is 13.3. The highest BCUT2D eigenvalue weighted by Crippen LogP contribution is 2.28. The van der Waals surface area contributed by atoms with Gasteiger partial charge in [0.2, 0.25) is 0 Å². The van der Waals surface area contributed by atoms with Crippen LogP contribution in [0.15, 0.2) is 24.3 Å². The van der Waals surface area contributed by atoms with E-state index in [0.717, 1.165) is 0 Å². The largest absolute Gasteiger partial charge is 0.434 e. The molecule has 6 heteroatoms. The van der Waals surface area contributed by atoms with E-state index in [2.05, 4.69) is 4.74 Å². The highest BCUT2D eigenvalue weighted by atomic mass is 19.3. The number of para-hydroxylation sites is 1. The molecule has 2 N–H and O–H groups in total. The molecule has 0 fully saturated rings. The molecule has 84 valence electrons. The van der Waals surface area contributed by atoms with Crippen molar-refractivity contribution < 1.29 is 22.3 Å². The smallest absolute Gasteiger partial charge is 0.387 e. The van der Waals surface area contributed by atoms with E-state index in [1.165, 1.54) is 24.3 Å². The Bertz CT molecular complexity index is 319. The molecule has 1 rings (SSSR count). The Kier molecular flexibility index (Phi) is 3.90. The molecule has 0 amide bonds. The van der Waals surface area contributed by atoms with Crippen LogP contribution in [0.3, 0.4) is 0 Å². The Morgan fingerprint density at radius 3 is 2.20 bits per heavy atom. The third-order valence-electron chi connectivity index (χ3n) is 1.77. The lowest BCUT2D eigenvalue weighted by atomic mass is 10.1. The Morgan fingerprint density at radius 2 is 1.67 bits per heavy atom. The molecule has 0 unspecified atom stereocenters. The van der Waals surface area contributed by atoms with Gasteiger partial charge in [-0.15, -0.1) is 0 Å². The summed E-state index contributed by atoms with van der Waals surface area (Å²) in [6.07, 6.45) is -2.83. The van der Waals surface area contributed by atoms with E-state index in [1.54, 1.807) is 0 Å². The maximum atomic E-state index is 12.3. The van der Waals surface area contributed by atoms with Crippen molar-refractivity contribution in [2.24, 2.45) is 5.73 Å². The molecular formula is C9H9F4NO. The van der Waals surface area contributed by atoms with Crippen LogP contribution in [0.2, 0.25) is 0 Å². The first-order chi connectivity index (χ1) is 7.02. The molecule has 0 spiro atoms. The van der Waals surface area contributed by atoms with E-state index < -0.39 is 19.1 Å². The minimum absolute atomic E-state index is 0.132. The maximum Gasteiger partial charge on any atom is 0.387 e. The van der Waals surface area contributed by atoms with Gasteiger partial charge in [0.15, 0.2) is 0 Å². The highest BCUT2D eigenvalue weighted by molar-refractivity contribution is 5.36. The molecule has 1 aromatic carbocycles. The molecule has 0 saturated carbocycles. The second-order valence-corrected chi connectivity index (χ2v) is 2.78. The van der Waals surface area contributed by atoms with E-state index in [1.807, 2.05) is 0 Å². The van der Waals surface area contributed by atoms with Crippen LogP contribution in [0.4, 0.5) is 17.6 Å². The number of hydrogen-bond donors (Lipinski definition) is 1. The zero-order valence-corrected chi connectivity index (χ0v) is 7.54. The molecule has 1 atom stereocenters. The predicted octanol–water partition coefficient (Wildman–Crippen LogP) is 2.55. The fraction of sp³-hybridized carbons (Fsp3) is 0.333. The zero-order chi connectivity index (χ0) is 11.4. The average molecular weight is 223 g/mol. The van der Waals surface area contributed by atoms with Gasteiger partial charge in [0.1, 0.15) is 5.75 Å². The Hall–Kier alpha value is -1.30. The topological polar surface area (TPSA) is 35.2 Å². The van der Waals surface area contributed by atoms with Gasteiger partial charge in [0.05, 0.1) is 6.04 Å². The van der Waals surface area contributed by atoms with Crippen LogP contribution in [-0.4, -0.2) is 13.0 Å². The van der Waals surface area contributed by atoms with Crippen molar-refractivity contribution in [1.29, 1.82) is 0 Å². The fourth-order valence-electron chi connectivity index (χ4n) is 1.09. The maximum absolute atomic E-state index is 12.3. The van der Waals surface area contributed by atoms with Gasteiger partial charge in [-0.3, -0.25) is 0 Å². The van der Waals surface area contributed by atoms with Gasteiger partial charge < -0.3 is 10.5 Å². The molecule has 0 aliphatic rings. The Balaban J connectivity index is 2.95. The minimum Gasteiger partial charge on any atom is -0.434 e. The Morgan fingerprint density at radius 1 is 1.07 bits per heavy atom. The number of ether oxygens (including phenoxy) is 1. The summed E-state index contributed by atoms with van der Waals surface area (Å²) in [7, 11) is 0. The second-order valence-electron chi connectivity index (χ2n) is 2.78. The molecule has 0 aliphatic carbocycles. The van der Waals surface area contributed by atoms with Crippen LogP contribution >= 0.6 is 0 Å². The molecule has 15 heavy (non-hydrogen) atoms. The van der Waals surface area contributed by atoms with Crippen LogP contribution in [0.25, 0.3) is 0 Å². The average Bonchev–Trinajstić information content (AvgIpc) is 2.16. The van der Waals surface area contributed by atoms with Gasteiger partial charge in [-0.2, -0.15) is 8.78 Å². The van der Waals surface area contributed by atoms with Crippen molar-refractivity contribution in [2.75, 3.05) is 0 Å². The standard InChI is InChI=1S/C9H9F4NO/c10-8(11)7(14)5-3-1-2-4-6(5)15-9(12)13/h1-4,7-9H,14H2/t7-/m0/s1. The molecule has 0 radical (unpaired) electrons. The minimum atomic E-state index is -3.06. The van der Waals surface area contributed by atoms with Gasteiger partial charge in [-0.1, -0.05) is 18.2 Å². The van der Waals surface area contributed by atoms with E-state index in [9.17, 15) is 17.6 Å². The summed E-state index contributed by atoms with van der Waals surface area (Å²) in [6.45, 7) is -3.06. The summed E-state index contributed by atoms with van der Waals surface area (Å²) in [4.78, 5) is 0. The van der Waals surface area contributed by atoms with Gasteiger partial charge in [0.25, 0.3) is 6.43 Å². The summed E-state index contributed by atoms with van der Waals surface area (Å²) >= 11 is 0. The predicted molar refractivity (Wildman–Crippen MR) is 46.0 cm³/mol. The molecular weight excluding hydrogens is 214 g/mol. The van der Waals surface area contributed by atoms with E-state index in [-0.39, 0.29) is 11.3 Å². The van der Waals surface area contributed by atoms with Crippen LogP contribution in [0.5, 0.6) is 5.75 Å². The molecule has 0 aliphatic heterocycles. The summed E-state index contributed by atoms with van der Waals surface area (Å²) in [6, 6.07) is 3.60. The van der Waals surface area contributed by atoms with Crippen molar-refractivity contribution in [3.63, 3.8) is 0 Å². The molecule has 2 nitrogen and oxygen atoms in total. The molecule has 0 heterocycles. The van der Waals surface area contributed by atoms with Crippen molar-refractivity contribution >= 4 is 0 Å². The zero-order valence-electron chi connectivity index (χ0n) is 7.54. The molecule has 0 bridgehead atoms.